The quantitative estimate of drug-likeness (QED) is 0.171. The lowest BCUT2D eigenvalue weighted by Crippen LogP contribution is -2.48. The molecule has 8 aromatic rings. The number of furan rings is 1. The van der Waals surface area contributed by atoms with Crippen LogP contribution >= 0.6 is 0 Å². The molecule has 3 aliphatic carbocycles. The van der Waals surface area contributed by atoms with Crippen molar-refractivity contribution < 1.29 is 4.42 Å². The maximum Gasteiger partial charge on any atom is 0.143 e. The summed E-state index contributed by atoms with van der Waals surface area (Å²) < 4.78 is 6.82. The third-order valence-electron chi connectivity index (χ3n) is 14.0. The van der Waals surface area contributed by atoms with Gasteiger partial charge in [-0.3, -0.25) is 0 Å². The van der Waals surface area contributed by atoms with Crippen molar-refractivity contribution in [2.75, 3.05) is 4.90 Å². The highest BCUT2D eigenvalue weighted by atomic mass is 16.3. The highest BCUT2D eigenvalue weighted by Gasteiger charge is 2.59. The molecule has 0 amide bonds. The average molecular weight is 694 g/mol. The fourth-order valence-corrected chi connectivity index (χ4v) is 11.5. The molecule has 0 saturated heterocycles. The second kappa shape index (κ2) is 10.5. The van der Waals surface area contributed by atoms with E-state index in [0.29, 0.717) is 0 Å². The molecule has 1 aromatic heterocycles. The summed E-state index contributed by atoms with van der Waals surface area (Å²) >= 11 is 0. The molecule has 7 aromatic carbocycles. The molecular weight excluding hydrogens is 655 g/mol. The van der Waals surface area contributed by atoms with E-state index in [0.717, 1.165) is 22.1 Å². The van der Waals surface area contributed by atoms with Crippen LogP contribution in [0.1, 0.15) is 72.1 Å². The first kappa shape index (κ1) is 30.4. The third-order valence-corrected chi connectivity index (χ3v) is 14.0. The van der Waals surface area contributed by atoms with Gasteiger partial charge in [-0.1, -0.05) is 147 Å². The number of hydrogen-bond donors (Lipinski definition) is 0. The Bertz CT molecular complexity index is 2860. The van der Waals surface area contributed by atoms with E-state index in [4.69, 9.17) is 4.42 Å². The van der Waals surface area contributed by atoms with Gasteiger partial charge in [-0.15, -0.1) is 0 Å². The van der Waals surface area contributed by atoms with Crippen molar-refractivity contribution in [2.45, 2.75) is 49.5 Å². The summed E-state index contributed by atoms with van der Waals surface area (Å²) in [6.07, 6.45) is 8.25. The Morgan fingerprint density at radius 1 is 0.574 bits per heavy atom. The lowest BCUT2D eigenvalue weighted by Gasteiger charge is -2.42. The van der Waals surface area contributed by atoms with Crippen LogP contribution in [0.25, 0.3) is 56.3 Å². The highest BCUT2D eigenvalue weighted by molar-refractivity contribution is 6.18. The zero-order valence-corrected chi connectivity index (χ0v) is 30.6. The first-order valence-corrected chi connectivity index (χ1v) is 19.5. The van der Waals surface area contributed by atoms with Crippen LogP contribution in [0.2, 0.25) is 0 Å². The van der Waals surface area contributed by atoms with E-state index in [-0.39, 0.29) is 11.0 Å². The molecule has 2 atom stereocenters. The van der Waals surface area contributed by atoms with Gasteiger partial charge in [-0.25, -0.2) is 0 Å². The van der Waals surface area contributed by atoms with Gasteiger partial charge in [0.15, 0.2) is 0 Å². The van der Waals surface area contributed by atoms with Gasteiger partial charge in [0, 0.05) is 33.1 Å². The highest BCUT2D eigenvalue weighted by Crippen LogP contribution is 2.65. The first-order valence-electron chi connectivity index (χ1n) is 19.5. The number of benzene rings is 7. The number of para-hydroxylation sites is 2. The molecule has 2 nitrogen and oxygen atoms in total. The Kier molecular flexibility index (Phi) is 5.91. The van der Waals surface area contributed by atoms with E-state index in [2.05, 4.69) is 183 Å². The molecule has 0 bridgehead atoms. The maximum absolute atomic E-state index is 6.82. The minimum Gasteiger partial charge on any atom is -0.455 e. The van der Waals surface area contributed by atoms with Crippen molar-refractivity contribution in [3.63, 3.8) is 0 Å². The molecule has 0 N–H and O–H groups in total. The topological polar surface area (TPSA) is 16.4 Å². The Hall–Kier alpha value is -6.12. The largest absolute Gasteiger partial charge is 0.455 e. The minimum atomic E-state index is -0.424. The van der Waals surface area contributed by atoms with Crippen LogP contribution in [-0.2, 0) is 10.8 Å². The van der Waals surface area contributed by atoms with Gasteiger partial charge in [-0.05, 0) is 106 Å². The first-order chi connectivity index (χ1) is 26.5. The second-order valence-electron chi connectivity index (χ2n) is 16.3. The molecule has 2 heteroatoms. The van der Waals surface area contributed by atoms with Gasteiger partial charge in [0.2, 0.25) is 0 Å². The number of fused-ring (bicyclic) bond motifs is 17. The van der Waals surface area contributed by atoms with E-state index < -0.39 is 5.41 Å². The van der Waals surface area contributed by atoms with Gasteiger partial charge in [0.05, 0.1) is 11.0 Å². The van der Waals surface area contributed by atoms with Crippen molar-refractivity contribution in [1.29, 1.82) is 0 Å². The number of anilines is 2. The van der Waals surface area contributed by atoms with Crippen LogP contribution in [0.4, 0.5) is 11.4 Å². The van der Waals surface area contributed by atoms with Crippen LogP contribution < -0.4 is 4.90 Å². The third kappa shape index (κ3) is 3.57. The van der Waals surface area contributed by atoms with Crippen LogP contribution in [0.15, 0.2) is 156 Å². The zero-order chi connectivity index (χ0) is 35.8. The summed E-state index contributed by atoms with van der Waals surface area (Å²) in [6.45, 7) is 4.96. The summed E-state index contributed by atoms with van der Waals surface area (Å²) in [4.78, 5) is 2.63. The fraction of sp³-hybridized carbons (Fsp3) is 0.154. The van der Waals surface area contributed by atoms with Crippen molar-refractivity contribution in [3.05, 3.63) is 191 Å². The molecule has 1 aliphatic heterocycles. The second-order valence-corrected chi connectivity index (χ2v) is 16.3. The lowest BCUT2D eigenvalue weighted by atomic mass is 9.70. The lowest BCUT2D eigenvalue weighted by molar-refractivity contribution is 0.330. The Morgan fingerprint density at radius 2 is 1.19 bits per heavy atom. The molecule has 0 radical (unpaired) electrons. The molecule has 1 spiro atoms. The summed E-state index contributed by atoms with van der Waals surface area (Å²) in [5.74, 6) is 0. The van der Waals surface area contributed by atoms with E-state index >= 15 is 0 Å². The summed E-state index contributed by atoms with van der Waals surface area (Å²) in [6, 6.07) is 56.4. The smallest absolute Gasteiger partial charge is 0.143 e. The average Bonchev–Trinajstić information content (AvgIpc) is 3.96. The molecule has 1 fully saturated rings. The van der Waals surface area contributed by atoms with Crippen molar-refractivity contribution in [1.82, 2.24) is 0 Å². The molecule has 4 aliphatic rings. The predicted octanol–water partition coefficient (Wildman–Crippen LogP) is 13.5. The van der Waals surface area contributed by atoms with Crippen LogP contribution in [0.5, 0.6) is 0 Å². The van der Waals surface area contributed by atoms with Crippen LogP contribution in [0, 0.1) is 0 Å². The van der Waals surface area contributed by atoms with Gasteiger partial charge < -0.3 is 9.32 Å². The SMILES string of the molecule is CC12CCCC1(C)N(c1ccc(/C=C/c3cc4c(c5c3oc3ccccc35)-c3ccccc3C43c4ccccc4-c4ccccc43)cc1)c1ccccc12. The minimum absolute atomic E-state index is 0.0658. The van der Waals surface area contributed by atoms with E-state index in [1.165, 1.54) is 91.7 Å². The summed E-state index contributed by atoms with van der Waals surface area (Å²) in [5.41, 5.74) is 18.6. The molecule has 54 heavy (non-hydrogen) atoms. The van der Waals surface area contributed by atoms with Crippen LogP contribution in [-0.4, -0.2) is 5.54 Å². The maximum atomic E-state index is 6.82. The van der Waals surface area contributed by atoms with Crippen molar-refractivity contribution in [3.8, 4) is 22.3 Å². The Balaban J connectivity index is 1.05. The molecule has 1 saturated carbocycles. The fourth-order valence-electron chi connectivity index (χ4n) is 11.5. The molecule has 12 rings (SSSR count). The molecule has 2 heterocycles. The standard InChI is InChI=1S/C52H39NO/c1-50-30-13-31-51(50,2)53(45-22-11-10-21-43(45)50)35-28-25-33(26-29-35)24-27-34-32-44-47(48-39-17-6-12-23-46(39)54-49(34)48)38-16-5-9-20-42(38)52(44)40-18-7-3-14-36(40)37-15-4-8-19-41(37)52/h3-12,14-29,32H,13,30-31H2,1-2H3/b27-24+. The van der Waals surface area contributed by atoms with E-state index in [1.807, 2.05) is 0 Å². The van der Waals surface area contributed by atoms with E-state index in [1.54, 1.807) is 0 Å². The summed E-state index contributed by atoms with van der Waals surface area (Å²) in [5, 5.41) is 2.36. The van der Waals surface area contributed by atoms with Crippen LogP contribution in [0.3, 0.4) is 0 Å². The Labute approximate surface area is 316 Å². The van der Waals surface area contributed by atoms with Gasteiger partial charge in [0.1, 0.15) is 11.2 Å². The Morgan fingerprint density at radius 3 is 1.93 bits per heavy atom. The molecular formula is C52H39NO. The van der Waals surface area contributed by atoms with Gasteiger partial charge in [-0.2, -0.15) is 0 Å². The normalized spacial score (nSPS) is 21.1. The predicted molar refractivity (Wildman–Crippen MR) is 224 cm³/mol. The van der Waals surface area contributed by atoms with E-state index in [9.17, 15) is 0 Å². The van der Waals surface area contributed by atoms with Crippen molar-refractivity contribution in [2.24, 2.45) is 0 Å². The number of rotatable bonds is 3. The summed E-state index contributed by atoms with van der Waals surface area (Å²) in [7, 11) is 0. The molecule has 258 valence electrons. The number of hydrogen-bond acceptors (Lipinski definition) is 2. The molecule has 2 unspecified atom stereocenters. The zero-order valence-electron chi connectivity index (χ0n) is 30.6. The monoisotopic (exact) mass is 693 g/mol. The van der Waals surface area contributed by atoms with Gasteiger partial charge >= 0.3 is 0 Å². The van der Waals surface area contributed by atoms with Crippen molar-refractivity contribution >= 4 is 45.5 Å². The number of nitrogens with zero attached hydrogens (tertiary/aromatic N) is 1. The van der Waals surface area contributed by atoms with Gasteiger partial charge in [0.25, 0.3) is 0 Å².